The zero-order valence-corrected chi connectivity index (χ0v) is 16.5. The second-order valence-electron chi connectivity index (χ2n) is 7.77. The molecule has 0 spiro atoms. The molecule has 1 fully saturated rings. The molecule has 2 N–H and O–H groups in total. The molecule has 1 aromatic carbocycles. The monoisotopic (exact) mass is 378 g/mol. The lowest BCUT2D eigenvalue weighted by Crippen LogP contribution is -2.54. The van der Waals surface area contributed by atoms with Crippen molar-refractivity contribution < 1.29 is 9.32 Å². The van der Waals surface area contributed by atoms with Gasteiger partial charge in [0.25, 0.3) is 11.8 Å². The number of likely N-dealkylation sites (tertiary alicyclic amines) is 1. The van der Waals surface area contributed by atoms with E-state index in [2.05, 4.69) is 24.0 Å². The molecule has 0 aliphatic carbocycles. The van der Waals surface area contributed by atoms with Gasteiger partial charge in [-0.3, -0.25) is 4.79 Å². The first-order valence-electron chi connectivity index (χ1n) is 8.77. The van der Waals surface area contributed by atoms with Gasteiger partial charge in [-0.2, -0.15) is 4.98 Å². The first-order valence-corrected chi connectivity index (χ1v) is 8.77. The van der Waals surface area contributed by atoms with Crippen molar-refractivity contribution in [3.63, 3.8) is 0 Å². The molecule has 142 valence electrons. The van der Waals surface area contributed by atoms with Crippen LogP contribution in [0.5, 0.6) is 0 Å². The minimum absolute atomic E-state index is 0. The number of carbonyl (C=O) groups is 1. The molecule has 7 heteroatoms. The van der Waals surface area contributed by atoms with Crippen LogP contribution in [0, 0.1) is 5.41 Å². The lowest BCUT2D eigenvalue weighted by atomic mass is 9.79. The topological polar surface area (TPSA) is 85.2 Å². The van der Waals surface area contributed by atoms with Crippen molar-refractivity contribution in [1.82, 2.24) is 15.0 Å². The molecule has 0 bridgehead atoms. The van der Waals surface area contributed by atoms with Crippen molar-refractivity contribution in [2.75, 3.05) is 13.1 Å². The summed E-state index contributed by atoms with van der Waals surface area (Å²) in [6, 6.07) is 7.51. The maximum absolute atomic E-state index is 13.1. The van der Waals surface area contributed by atoms with Gasteiger partial charge in [-0.25, -0.2) is 0 Å². The third kappa shape index (κ3) is 3.91. The van der Waals surface area contributed by atoms with Crippen LogP contribution in [-0.2, 0) is 0 Å². The van der Waals surface area contributed by atoms with E-state index in [-0.39, 0.29) is 35.7 Å². The highest BCUT2D eigenvalue weighted by Gasteiger charge is 2.36. The Morgan fingerprint density at radius 1 is 1.35 bits per heavy atom. The highest BCUT2D eigenvalue weighted by Crippen LogP contribution is 2.30. The van der Waals surface area contributed by atoms with Gasteiger partial charge in [0, 0.05) is 25.0 Å². The molecule has 1 atom stereocenters. The van der Waals surface area contributed by atoms with E-state index in [0.717, 1.165) is 6.42 Å². The number of nitrogens with zero attached hydrogens (tertiary/aromatic N) is 3. The zero-order valence-electron chi connectivity index (χ0n) is 15.7. The predicted molar refractivity (Wildman–Crippen MR) is 103 cm³/mol. The summed E-state index contributed by atoms with van der Waals surface area (Å²) in [6.07, 6.45) is 0.805. The van der Waals surface area contributed by atoms with Crippen molar-refractivity contribution in [2.45, 2.75) is 46.1 Å². The second kappa shape index (κ2) is 7.76. The Morgan fingerprint density at radius 3 is 2.65 bits per heavy atom. The number of hydrogen-bond acceptors (Lipinski definition) is 5. The van der Waals surface area contributed by atoms with Crippen molar-refractivity contribution in [1.29, 1.82) is 0 Å². The Hall–Kier alpha value is -1.92. The minimum atomic E-state index is -0.0991. The molecule has 2 heterocycles. The Balaban J connectivity index is 0.00000243. The van der Waals surface area contributed by atoms with Gasteiger partial charge in [0.15, 0.2) is 5.82 Å². The van der Waals surface area contributed by atoms with Crippen LogP contribution in [-0.4, -0.2) is 40.1 Å². The normalized spacial score (nSPS) is 19.3. The molecule has 1 saturated heterocycles. The largest absolute Gasteiger partial charge is 0.338 e. The second-order valence-corrected chi connectivity index (χ2v) is 7.77. The summed E-state index contributed by atoms with van der Waals surface area (Å²) in [7, 11) is 0. The minimum Gasteiger partial charge on any atom is -0.338 e. The molecule has 1 aromatic heterocycles. The fourth-order valence-electron chi connectivity index (χ4n) is 3.15. The molecule has 0 radical (unpaired) electrons. The average molecular weight is 379 g/mol. The maximum Gasteiger partial charge on any atom is 0.258 e. The number of nitrogens with two attached hydrogens (primary N) is 1. The average Bonchev–Trinajstić information content (AvgIpc) is 3.07. The molecule has 1 amide bonds. The summed E-state index contributed by atoms with van der Waals surface area (Å²) in [4.78, 5) is 19.4. The van der Waals surface area contributed by atoms with Gasteiger partial charge in [-0.1, -0.05) is 45.0 Å². The summed E-state index contributed by atoms with van der Waals surface area (Å²) in [5, 5.41) is 4.01. The van der Waals surface area contributed by atoms with E-state index >= 15 is 0 Å². The summed E-state index contributed by atoms with van der Waals surface area (Å²) in [5.41, 5.74) is 7.37. The van der Waals surface area contributed by atoms with E-state index < -0.39 is 0 Å². The predicted octanol–water partition coefficient (Wildman–Crippen LogP) is 3.48. The highest BCUT2D eigenvalue weighted by molar-refractivity contribution is 6.00. The van der Waals surface area contributed by atoms with Crippen LogP contribution >= 0.6 is 12.4 Å². The Kier molecular flexibility index (Phi) is 6.09. The number of benzene rings is 1. The van der Waals surface area contributed by atoms with E-state index in [9.17, 15) is 4.79 Å². The zero-order chi connectivity index (χ0) is 18.2. The number of piperidine rings is 1. The van der Waals surface area contributed by atoms with Gasteiger partial charge < -0.3 is 15.2 Å². The van der Waals surface area contributed by atoms with Crippen LogP contribution in [0.15, 0.2) is 28.8 Å². The smallest absolute Gasteiger partial charge is 0.258 e. The van der Waals surface area contributed by atoms with E-state index in [1.165, 1.54) is 0 Å². The van der Waals surface area contributed by atoms with Crippen molar-refractivity contribution in [2.24, 2.45) is 11.1 Å². The third-order valence-electron chi connectivity index (χ3n) is 4.95. The molecule has 26 heavy (non-hydrogen) atoms. The van der Waals surface area contributed by atoms with Gasteiger partial charge in [0.2, 0.25) is 0 Å². The third-order valence-corrected chi connectivity index (χ3v) is 4.95. The molecule has 6 nitrogen and oxygen atoms in total. The van der Waals surface area contributed by atoms with E-state index in [4.69, 9.17) is 10.3 Å². The fourth-order valence-corrected chi connectivity index (χ4v) is 3.15. The van der Waals surface area contributed by atoms with Crippen LogP contribution in [0.3, 0.4) is 0 Å². The molecular formula is C19H27ClN4O2. The Bertz CT molecular complexity index is 772. The van der Waals surface area contributed by atoms with Crippen LogP contribution in [0.4, 0.5) is 0 Å². The summed E-state index contributed by atoms with van der Waals surface area (Å²) in [6.45, 7) is 9.53. The van der Waals surface area contributed by atoms with Crippen LogP contribution in [0.25, 0.3) is 11.5 Å². The number of halogens is 1. The maximum atomic E-state index is 13.1. The first kappa shape index (κ1) is 20.4. The number of rotatable bonds is 3. The van der Waals surface area contributed by atoms with E-state index in [1.807, 2.05) is 43.0 Å². The van der Waals surface area contributed by atoms with Gasteiger partial charge in [0.1, 0.15) is 0 Å². The Morgan fingerprint density at radius 2 is 2.04 bits per heavy atom. The standard InChI is InChI=1S/C19H26N4O2.ClH/c1-12(2)16-21-17(25-22-16)13-7-5-6-8-14(13)18(24)23-10-9-15(20)19(3,4)11-23;/h5-8,12,15H,9-11,20H2,1-4H3;1H. The number of hydrogen-bond donors (Lipinski definition) is 1. The molecule has 3 rings (SSSR count). The van der Waals surface area contributed by atoms with Crippen molar-refractivity contribution in [3.05, 3.63) is 35.7 Å². The van der Waals surface area contributed by atoms with Crippen molar-refractivity contribution in [3.8, 4) is 11.5 Å². The first-order chi connectivity index (χ1) is 11.8. The van der Waals surface area contributed by atoms with Crippen LogP contribution in [0.1, 0.15) is 56.2 Å². The number of amides is 1. The lowest BCUT2D eigenvalue weighted by Gasteiger charge is -2.42. The van der Waals surface area contributed by atoms with Gasteiger partial charge in [-0.05, 0) is 24.0 Å². The highest BCUT2D eigenvalue weighted by atomic mass is 35.5. The van der Waals surface area contributed by atoms with Crippen LogP contribution in [0.2, 0.25) is 0 Å². The quantitative estimate of drug-likeness (QED) is 0.883. The van der Waals surface area contributed by atoms with Crippen molar-refractivity contribution >= 4 is 18.3 Å². The SMILES string of the molecule is CC(C)c1noc(-c2ccccc2C(=O)N2CCC(N)C(C)(C)C2)n1.Cl. The van der Waals surface area contributed by atoms with Gasteiger partial charge >= 0.3 is 0 Å². The lowest BCUT2D eigenvalue weighted by molar-refractivity contribution is 0.0533. The Labute approximate surface area is 160 Å². The number of aromatic nitrogens is 2. The van der Waals surface area contributed by atoms with E-state index in [0.29, 0.717) is 35.9 Å². The van der Waals surface area contributed by atoms with E-state index in [1.54, 1.807) is 0 Å². The molecule has 2 aromatic rings. The van der Waals surface area contributed by atoms with Gasteiger partial charge in [0.05, 0.1) is 11.1 Å². The number of carbonyl (C=O) groups excluding carboxylic acids is 1. The molecule has 1 aliphatic heterocycles. The molecule has 0 saturated carbocycles. The summed E-state index contributed by atoms with van der Waals surface area (Å²) >= 11 is 0. The molecular weight excluding hydrogens is 352 g/mol. The molecule has 1 aliphatic rings. The van der Waals surface area contributed by atoms with Gasteiger partial charge in [-0.15, -0.1) is 12.4 Å². The fraction of sp³-hybridized carbons (Fsp3) is 0.526. The summed E-state index contributed by atoms with van der Waals surface area (Å²) in [5.74, 6) is 1.19. The summed E-state index contributed by atoms with van der Waals surface area (Å²) < 4.78 is 5.40. The van der Waals surface area contributed by atoms with Crippen LogP contribution < -0.4 is 5.73 Å². The molecule has 1 unspecified atom stereocenters.